The van der Waals surface area contributed by atoms with Gasteiger partial charge in [0.15, 0.2) is 0 Å². The number of aromatic nitrogens is 7. The second kappa shape index (κ2) is 7.19. The summed E-state index contributed by atoms with van der Waals surface area (Å²) in [5, 5.41) is 10.1. The van der Waals surface area contributed by atoms with Gasteiger partial charge in [0.05, 0.1) is 39.8 Å². The van der Waals surface area contributed by atoms with Gasteiger partial charge in [0.2, 0.25) is 0 Å². The summed E-state index contributed by atoms with van der Waals surface area (Å²) in [6.07, 6.45) is 6.67. The number of fused-ring (bicyclic) bond motifs is 3. The van der Waals surface area contributed by atoms with Crippen LogP contribution in [-0.2, 0) is 27.1 Å². The van der Waals surface area contributed by atoms with E-state index in [9.17, 15) is 4.79 Å². The summed E-state index contributed by atoms with van der Waals surface area (Å²) in [4.78, 5) is 18.1. The lowest BCUT2D eigenvalue weighted by atomic mass is 9.96. The van der Waals surface area contributed by atoms with E-state index in [0.29, 0.717) is 0 Å². The Hall–Kier alpha value is -3.68. The number of hydrogen-bond acceptors (Lipinski definition) is 4. The van der Waals surface area contributed by atoms with Crippen LogP contribution in [-0.4, -0.2) is 33.7 Å². The van der Waals surface area contributed by atoms with Crippen molar-refractivity contribution in [1.29, 1.82) is 0 Å². The molecule has 0 aliphatic heterocycles. The van der Waals surface area contributed by atoms with Gasteiger partial charge in [-0.2, -0.15) is 10.2 Å². The van der Waals surface area contributed by atoms with Crippen LogP contribution in [0.2, 0.25) is 0 Å². The summed E-state index contributed by atoms with van der Waals surface area (Å²) in [6, 6.07) is 4.31. The zero-order chi connectivity index (χ0) is 22.7. The Morgan fingerprint density at radius 3 is 2.38 bits per heavy atom. The van der Waals surface area contributed by atoms with Crippen LogP contribution < -0.4 is 5.69 Å². The van der Waals surface area contributed by atoms with E-state index in [1.54, 1.807) is 22.4 Å². The maximum atomic E-state index is 13.4. The predicted octanol–water partition coefficient (Wildman–Crippen LogP) is 3.67. The van der Waals surface area contributed by atoms with Crippen molar-refractivity contribution < 1.29 is 0 Å². The zero-order valence-corrected chi connectivity index (χ0v) is 19.3. The highest BCUT2D eigenvalue weighted by Gasteiger charge is 2.21. The van der Waals surface area contributed by atoms with Gasteiger partial charge in [0.1, 0.15) is 0 Å². The predicted molar refractivity (Wildman–Crippen MR) is 126 cm³/mol. The van der Waals surface area contributed by atoms with Gasteiger partial charge in [-0.1, -0.05) is 6.92 Å². The van der Waals surface area contributed by atoms with Crippen molar-refractivity contribution in [2.45, 2.75) is 40.7 Å². The van der Waals surface area contributed by atoms with E-state index in [1.807, 2.05) is 43.4 Å². The third kappa shape index (κ3) is 2.82. The van der Waals surface area contributed by atoms with Gasteiger partial charge in [-0.15, -0.1) is 0 Å². The van der Waals surface area contributed by atoms with Gasteiger partial charge in [-0.05, 0) is 50.5 Å². The molecule has 0 aliphatic rings. The first-order valence-corrected chi connectivity index (χ1v) is 10.9. The Morgan fingerprint density at radius 2 is 1.75 bits per heavy atom. The standard InChI is InChI=1S/C24H27N7O/c1-7-16-9-20-18(10-17(16)19-12-28(5)26-14(19)3)23-21(11-25-20)29(6)24(32)31(23)22-13-30(8-2)27-15(22)4/h9-13H,7-8H2,1-6H3. The molecule has 0 fully saturated rings. The number of nitrogens with zero attached hydrogens (tertiary/aromatic N) is 7. The molecular weight excluding hydrogens is 402 g/mol. The van der Waals surface area contributed by atoms with Crippen molar-refractivity contribution in [2.24, 2.45) is 14.1 Å². The van der Waals surface area contributed by atoms with Crippen LogP contribution in [0.4, 0.5) is 0 Å². The van der Waals surface area contributed by atoms with Crippen molar-refractivity contribution >= 4 is 21.9 Å². The van der Waals surface area contributed by atoms with Crippen molar-refractivity contribution in [1.82, 2.24) is 33.7 Å². The van der Waals surface area contributed by atoms with E-state index >= 15 is 0 Å². The minimum absolute atomic E-state index is 0.105. The van der Waals surface area contributed by atoms with Gasteiger partial charge >= 0.3 is 5.69 Å². The maximum absolute atomic E-state index is 13.4. The summed E-state index contributed by atoms with van der Waals surface area (Å²) in [7, 11) is 3.73. The molecule has 1 aromatic carbocycles. The Balaban J connectivity index is 1.93. The largest absolute Gasteiger partial charge is 0.333 e. The Labute approximate surface area is 185 Å². The molecule has 0 bridgehead atoms. The van der Waals surface area contributed by atoms with Crippen LogP contribution >= 0.6 is 0 Å². The van der Waals surface area contributed by atoms with E-state index in [1.165, 1.54) is 5.56 Å². The second-order valence-electron chi connectivity index (χ2n) is 8.31. The van der Waals surface area contributed by atoms with E-state index in [2.05, 4.69) is 35.5 Å². The maximum Gasteiger partial charge on any atom is 0.333 e. The van der Waals surface area contributed by atoms with Crippen LogP contribution in [0.25, 0.3) is 38.8 Å². The molecule has 0 amide bonds. The van der Waals surface area contributed by atoms with Gasteiger partial charge in [-0.25, -0.2) is 4.79 Å². The number of rotatable bonds is 4. The molecule has 32 heavy (non-hydrogen) atoms. The lowest BCUT2D eigenvalue weighted by Gasteiger charge is -2.11. The molecule has 4 heterocycles. The van der Waals surface area contributed by atoms with Crippen molar-refractivity contribution in [3.8, 4) is 16.8 Å². The normalized spacial score (nSPS) is 11.8. The Bertz CT molecular complexity index is 1560. The number of imidazole rings is 1. The van der Waals surface area contributed by atoms with E-state index in [0.717, 1.165) is 63.1 Å². The molecule has 0 radical (unpaired) electrons. The monoisotopic (exact) mass is 429 g/mol. The Kier molecular flexibility index (Phi) is 4.54. The highest BCUT2D eigenvalue weighted by molar-refractivity contribution is 6.05. The first-order valence-electron chi connectivity index (χ1n) is 10.9. The number of hydrogen-bond donors (Lipinski definition) is 0. The summed E-state index contributed by atoms with van der Waals surface area (Å²) < 4.78 is 7.14. The fourth-order valence-corrected chi connectivity index (χ4v) is 4.61. The van der Waals surface area contributed by atoms with Crippen molar-refractivity contribution in [3.05, 3.63) is 58.2 Å². The van der Waals surface area contributed by atoms with Crippen LogP contribution in [0.3, 0.4) is 0 Å². The number of benzene rings is 1. The second-order valence-corrected chi connectivity index (χ2v) is 8.31. The van der Waals surface area contributed by atoms with Crippen LogP contribution in [0.1, 0.15) is 30.8 Å². The van der Waals surface area contributed by atoms with E-state index in [4.69, 9.17) is 4.98 Å². The highest BCUT2D eigenvalue weighted by atomic mass is 16.1. The van der Waals surface area contributed by atoms with E-state index < -0.39 is 0 Å². The molecule has 8 heteroatoms. The van der Waals surface area contributed by atoms with Gasteiger partial charge < -0.3 is 0 Å². The molecule has 0 spiro atoms. The number of aryl methyl sites for hydroxylation is 6. The molecule has 0 unspecified atom stereocenters. The molecule has 5 aromatic rings. The van der Waals surface area contributed by atoms with Crippen molar-refractivity contribution in [2.75, 3.05) is 0 Å². The molecule has 8 nitrogen and oxygen atoms in total. The molecule has 0 atom stereocenters. The summed E-state index contributed by atoms with van der Waals surface area (Å²) in [5.41, 5.74) is 8.45. The first-order chi connectivity index (χ1) is 15.3. The Morgan fingerprint density at radius 1 is 0.969 bits per heavy atom. The molecule has 0 saturated carbocycles. The molecule has 0 saturated heterocycles. The van der Waals surface area contributed by atoms with Gasteiger partial charge in [0.25, 0.3) is 0 Å². The van der Waals surface area contributed by atoms with Gasteiger partial charge in [-0.3, -0.25) is 23.5 Å². The third-order valence-electron chi connectivity index (χ3n) is 6.28. The molecule has 0 N–H and O–H groups in total. The molecule has 164 valence electrons. The molecular formula is C24H27N7O. The lowest BCUT2D eigenvalue weighted by Crippen LogP contribution is -2.21. The van der Waals surface area contributed by atoms with Crippen LogP contribution in [0, 0.1) is 13.8 Å². The smallest absolute Gasteiger partial charge is 0.293 e. The SMILES string of the molecule is CCc1cc2ncc3c(c2cc1-c1cn(C)nc1C)n(-c1cn(CC)nc1C)c(=O)n3C. The van der Waals surface area contributed by atoms with Gasteiger partial charge in [0, 0.05) is 44.0 Å². The molecule has 0 aliphatic carbocycles. The quantitative estimate of drug-likeness (QED) is 0.437. The fourth-order valence-electron chi connectivity index (χ4n) is 4.61. The lowest BCUT2D eigenvalue weighted by molar-refractivity contribution is 0.653. The topological polar surface area (TPSA) is 75.5 Å². The first kappa shape index (κ1) is 20.2. The van der Waals surface area contributed by atoms with Crippen LogP contribution in [0.15, 0.2) is 35.5 Å². The number of pyridine rings is 1. The summed E-state index contributed by atoms with van der Waals surface area (Å²) >= 11 is 0. The average molecular weight is 430 g/mol. The minimum Gasteiger partial charge on any atom is -0.293 e. The molecule has 4 aromatic heterocycles. The average Bonchev–Trinajstić information content (AvgIpc) is 3.40. The summed E-state index contributed by atoms with van der Waals surface area (Å²) in [6.45, 7) is 8.90. The van der Waals surface area contributed by atoms with Crippen molar-refractivity contribution in [3.63, 3.8) is 0 Å². The third-order valence-corrected chi connectivity index (χ3v) is 6.28. The zero-order valence-electron chi connectivity index (χ0n) is 19.3. The highest BCUT2D eigenvalue weighted by Crippen LogP contribution is 2.34. The minimum atomic E-state index is -0.105. The fraction of sp³-hybridized carbons (Fsp3) is 0.333. The molecule has 5 rings (SSSR count). The van der Waals surface area contributed by atoms with E-state index in [-0.39, 0.29) is 5.69 Å². The summed E-state index contributed by atoms with van der Waals surface area (Å²) in [5.74, 6) is 0. The van der Waals surface area contributed by atoms with Crippen LogP contribution in [0.5, 0.6) is 0 Å².